The number of hydrogen-bond donors (Lipinski definition) is 2. The van der Waals surface area contributed by atoms with Crippen LogP contribution in [-0.4, -0.2) is 40.9 Å². The Labute approximate surface area is 90.8 Å². The van der Waals surface area contributed by atoms with E-state index in [-0.39, 0.29) is 0 Å². The number of esters is 1. The van der Waals surface area contributed by atoms with Crippen molar-refractivity contribution in [2.45, 2.75) is 25.1 Å². The molecular weight excluding hydrogens is 262 g/mol. The number of carbonyl (C=O) groups excluding carboxylic acids is 1. The van der Waals surface area contributed by atoms with Gasteiger partial charge in [-0.3, -0.25) is 4.79 Å². The van der Waals surface area contributed by atoms with Crippen LogP contribution in [0.3, 0.4) is 0 Å². The van der Waals surface area contributed by atoms with E-state index in [9.17, 15) is 31.1 Å². The summed E-state index contributed by atoms with van der Waals surface area (Å²) in [6, 6.07) is 0. The van der Waals surface area contributed by atoms with E-state index in [0.29, 0.717) is 0 Å². The normalized spacial score (nSPS) is 15.6. The van der Waals surface area contributed by atoms with Crippen molar-refractivity contribution in [2.24, 2.45) is 5.92 Å². The first-order valence-corrected chi connectivity index (χ1v) is 4.10. The van der Waals surface area contributed by atoms with E-state index < -0.39 is 36.6 Å². The Morgan fingerprint density at radius 3 is 1.82 bits per heavy atom. The Morgan fingerprint density at radius 2 is 1.59 bits per heavy atom. The van der Waals surface area contributed by atoms with Crippen LogP contribution in [0.15, 0.2) is 0 Å². The van der Waals surface area contributed by atoms with Crippen LogP contribution in [0.1, 0.15) is 6.92 Å². The summed E-state index contributed by atoms with van der Waals surface area (Å²) in [6.45, 7) is 0.411. The van der Waals surface area contributed by atoms with Crippen LogP contribution < -0.4 is 0 Å². The highest BCUT2D eigenvalue weighted by Crippen LogP contribution is 2.42. The van der Waals surface area contributed by atoms with Crippen LogP contribution in [0.4, 0.5) is 26.3 Å². The van der Waals surface area contributed by atoms with Gasteiger partial charge in [0.2, 0.25) is 5.92 Å². The van der Waals surface area contributed by atoms with Crippen LogP contribution in [-0.2, 0) is 9.53 Å². The SMILES string of the molecule is CCOC(=O)C(C(F)(F)F)C(O)(O)C(F)(F)F. The van der Waals surface area contributed by atoms with E-state index in [0.717, 1.165) is 6.92 Å². The van der Waals surface area contributed by atoms with Gasteiger partial charge in [-0.05, 0) is 6.92 Å². The summed E-state index contributed by atoms with van der Waals surface area (Å²) in [5.74, 6) is -11.8. The molecule has 0 rings (SSSR count). The zero-order chi connectivity index (χ0) is 14.1. The van der Waals surface area contributed by atoms with Gasteiger partial charge in [0.1, 0.15) is 0 Å². The molecule has 0 bridgehead atoms. The lowest BCUT2D eigenvalue weighted by Gasteiger charge is -2.32. The number of halogens is 6. The minimum Gasteiger partial charge on any atom is -0.465 e. The van der Waals surface area contributed by atoms with Crippen molar-refractivity contribution in [3.63, 3.8) is 0 Å². The summed E-state index contributed by atoms with van der Waals surface area (Å²) < 4.78 is 76.4. The van der Waals surface area contributed by atoms with E-state index in [1.54, 1.807) is 0 Å². The fourth-order valence-corrected chi connectivity index (χ4v) is 0.915. The third-order valence-corrected chi connectivity index (χ3v) is 1.67. The van der Waals surface area contributed by atoms with Crippen LogP contribution in [0.25, 0.3) is 0 Å². The zero-order valence-electron chi connectivity index (χ0n) is 8.26. The van der Waals surface area contributed by atoms with Gasteiger partial charge in [-0.2, -0.15) is 26.3 Å². The van der Waals surface area contributed by atoms with Crippen LogP contribution in [0, 0.1) is 5.92 Å². The quantitative estimate of drug-likeness (QED) is 0.455. The smallest absolute Gasteiger partial charge is 0.444 e. The molecule has 1 unspecified atom stereocenters. The average molecular weight is 270 g/mol. The lowest BCUT2D eigenvalue weighted by atomic mass is 9.97. The molecule has 17 heavy (non-hydrogen) atoms. The maximum Gasteiger partial charge on any atom is 0.444 e. The Kier molecular flexibility index (Phi) is 4.40. The maximum absolute atomic E-state index is 12.2. The molecule has 0 aliphatic rings. The lowest BCUT2D eigenvalue weighted by molar-refractivity contribution is -0.396. The van der Waals surface area contributed by atoms with E-state index in [2.05, 4.69) is 4.74 Å². The van der Waals surface area contributed by atoms with E-state index in [1.807, 2.05) is 0 Å². The lowest BCUT2D eigenvalue weighted by Crippen LogP contribution is -2.59. The summed E-state index contributed by atoms with van der Waals surface area (Å²) in [7, 11) is 0. The minimum atomic E-state index is -6.06. The molecule has 4 nitrogen and oxygen atoms in total. The molecule has 0 spiro atoms. The predicted molar refractivity (Wildman–Crippen MR) is 39.4 cm³/mol. The molecule has 2 N–H and O–H groups in total. The fraction of sp³-hybridized carbons (Fsp3) is 0.857. The Morgan fingerprint density at radius 1 is 1.18 bits per heavy atom. The number of ether oxygens (including phenoxy) is 1. The third-order valence-electron chi connectivity index (χ3n) is 1.67. The molecule has 0 saturated carbocycles. The van der Waals surface area contributed by atoms with Gasteiger partial charge in [-0.25, -0.2) is 0 Å². The highest BCUT2D eigenvalue weighted by Gasteiger charge is 2.69. The molecule has 0 aliphatic heterocycles. The summed E-state index contributed by atoms with van der Waals surface area (Å²) in [4.78, 5) is 10.7. The second kappa shape index (κ2) is 4.69. The summed E-state index contributed by atoms with van der Waals surface area (Å²) in [5.41, 5.74) is 0. The number of aliphatic hydroxyl groups is 2. The number of rotatable bonds is 3. The molecular formula is C7H8F6O4. The molecule has 0 radical (unpaired) electrons. The van der Waals surface area contributed by atoms with Crippen molar-refractivity contribution < 1.29 is 46.1 Å². The van der Waals surface area contributed by atoms with Gasteiger partial charge in [-0.1, -0.05) is 0 Å². The molecule has 0 amide bonds. The second-order valence-corrected chi connectivity index (χ2v) is 2.95. The summed E-state index contributed by atoms with van der Waals surface area (Å²) in [5, 5.41) is 16.9. The first kappa shape index (κ1) is 16.0. The van der Waals surface area contributed by atoms with Gasteiger partial charge < -0.3 is 14.9 Å². The van der Waals surface area contributed by atoms with Crippen molar-refractivity contribution in [3.05, 3.63) is 0 Å². The highest BCUT2D eigenvalue weighted by molar-refractivity contribution is 5.74. The van der Waals surface area contributed by atoms with Crippen molar-refractivity contribution in [1.29, 1.82) is 0 Å². The second-order valence-electron chi connectivity index (χ2n) is 2.95. The maximum atomic E-state index is 12.2. The molecule has 0 aromatic carbocycles. The summed E-state index contributed by atoms with van der Waals surface area (Å²) in [6.07, 6.45) is -11.9. The average Bonchev–Trinajstić information content (AvgIpc) is 1.97. The Bertz CT molecular complexity index is 281. The number of alkyl halides is 6. The Hall–Kier alpha value is -1.03. The number of carbonyl (C=O) groups is 1. The zero-order valence-corrected chi connectivity index (χ0v) is 8.26. The van der Waals surface area contributed by atoms with Gasteiger partial charge >= 0.3 is 18.3 Å². The molecule has 0 saturated heterocycles. The van der Waals surface area contributed by atoms with Crippen molar-refractivity contribution in [1.82, 2.24) is 0 Å². The van der Waals surface area contributed by atoms with Crippen LogP contribution in [0.2, 0.25) is 0 Å². The van der Waals surface area contributed by atoms with Gasteiger partial charge in [-0.15, -0.1) is 0 Å². The fourth-order valence-electron chi connectivity index (χ4n) is 0.915. The van der Waals surface area contributed by atoms with E-state index in [1.165, 1.54) is 0 Å². The third kappa shape index (κ3) is 3.46. The first-order chi connectivity index (χ1) is 7.35. The van der Waals surface area contributed by atoms with Crippen molar-refractivity contribution >= 4 is 5.97 Å². The Balaban J connectivity index is 5.42. The summed E-state index contributed by atoms with van der Waals surface area (Å²) >= 11 is 0. The monoisotopic (exact) mass is 270 g/mol. The molecule has 0 fully saturated rings. The number of hydrogen-bond acceptors (Lipinski definition) is 4. The standard InChI is InChI=1S/C7H8F6O4/c1-2-17-4(14)3(6(8,9)10)5(15,16)7(11,12)13/h3,15-16H,2H2,1H3. The molecule has 0 aromatic rings. The molecule has 0 aliphatic carbocycles. The van der Waals surface area contributed by atoms with E-state index >= 15 is 0 Å². The van der Waals surface area contributed by atoms with Crippen LogP contribution in [0.5, 0.6) is 0 Å². The highest BCUT2D eigenvalue weighted by atomic mass is 19.4. The van der Waals surface area contributed by atoms with Gasteiger partial charge in [0.05, 0.1) is 6.61 Å². The topological polar surface area (TPSA) is 66.8 Å². The molecule has 1 atom stereocenters. The van der Waals surface area contributed by atoms with Crippen molar-refractivity contribution in [3.8, 4) is 0 Å². The van der Waals surface area contributed by atoms with Gasteiger partial charge in [0.15, 0.2) is 0 Å². The minimum absolute atomic E-state index is 0.640. The van der Waals surface area contributed by atoms with E-state index in [4.69, 9.17) is 10.2 Å². The largest absolute Gasteiger partial charge is 0.465 e. The van der Waals surface area contributed by atoms with Crippen LogP contribution >= 0.6 is 0 Å². The molecule has 10 heteroatoms. The van der Waals surface area contributed by atoms with Gasteiger partial charge in [0, 0.05) is 0 Å². The van der Waals surface area contributed by atoms with Gasteiger partial charge in [0.25, 0.3) is 5.79 Å². The molecule has 0 heterocycles. The predicted octanol–water partition coefficient (Wildman–Crippen LogP) is 0.971. The first-order valence-electron chi connectivity index (χ1n) is 4.10. The molecule has 102 valence electrons. The molecule has 0 aromatic heterocycles. The van der Waals surface area contributed by atoms with Crippen molar-refractivity contribution in [2.75, 3.05) is 6.61 Å².